The molecule has 0 aliphatic carbocycles. The summed E-state index contributed by atoms with van der Waals surface area (Å²) in [7, 11) is 0. The molecule has 0 unspecified atom stereocenters. The Morgan fingerprint density at radius 1 is 1.33 bits per heavy atom. The molecule has 0 N–H and O–H groups in total. The van der Waals surface area contributed by atoms with Gasteiger partial charge in [0.15, 0.2) is 5.69 Å². The molecule has 21 heavy (non-hydrogen) atoms. The van der Waals surface area contributed by atoms with E-state index in [1.54, 1.807) is 16.0 Å². The van der Waals surface area contributed by atoms with E-state index in [4.69, 9.17) is 4.74 Å². The Morgan fingerprint density at radius 2 is 2.00 bits per heavy atom. The lowest BCUT2D eigenvalue weighted by Crippen LogP contribution is -2.24. The van der Waals surface area contributed by atoms with Crippen molar-refractivity contribution in [2.24, 2.45) is 0 Å². The number of carbonyl (C=O) groups is 1. The largest absolute Gasteiger partial charge is 0.455 e. The summed E-state index contributed by atoms with van der Waals surface area (Å²) in [5.41, 5.74) is 0.491. The maximum atomic E-state index is 12.1. The van der Waals surface area contributed by atoms with Crippen LogP contribution in [-0.4, -0.2) is 26.6 Å². The van der Waals surface area contributed by atoms with Gasteiger partial charge in [0.05, 0.1) is 12.2 Å². The van der Waals surface area contributed by atoms with Gasteiger partial charge in [0.1, 0.15) is 5.60 Å². The number of aryl methyl sites for hydroxylation is 1. The number of nitrogens with zero attached hydrogens (tertiary/aromatic N) is 3. The molecule has 0 aliphatic rings. The molecule has 0 atom stereocenters. The number of esters is 1. The van der Waals surface area contributed by atoms with Gasteiger partial charge in [-0.05, 0) is 46.2 Å². The van der Waals surface area contributed by atoms with Crippen molar-refractivity contribution in [1.82, 2.24) is 15.0 Å². The van der Waals surface area contributed by atoms with Crippen LogP contribution in [0.25, 0.3) is 0 Å². The molecular weight excluding hydrogens is 286 g/mol. The molecule has 6 heteroatoms. The summed E-state index contributed by atoms with van der Waals surface area (Å²) in [4.78, 5) is 14.6. The first-order valence-electron chi connectivity index (χ1n) is 7.01. The van der Waals surface area contributed by atoms with Gasteiger partial charge in [-0.2, -0.15) is 0 Å². The molecule has 0 bridgehead atoms. The van der Waals surface area contributed by atoms with Crippen molar-refractivity contribution in [3.8, 4) is 0 Å². The normalized spacial score (nSPS) is 11.7. The highest BCUT2D eigenvalue weighted by molar-refractivity contribution is 7.11. The maximum Gasteiger partial charge on any atom is 0.361 e. The van der Waals surface area contributed by atoms with E-state index in [1.807, 2.05) is 27.7 Å². The summed E-state index contributed by atoms with van der Waals surface area (Å²) in [5.74, 6) is -0.424. The number of carbonyl (C=O) groups excluding carboxylic acids is 1. The SMILES string of the molecule is CCc1ccc(Cn2nnc(C(=O)OC(C)(C)C)c2C)s1. The van der Waals surface area contributed by atoms with Crippen molar-refractivity contribution in [3.63, 3.8) is 0 Å². The molecule has 2 heterocycles. The van der Waals surface area contributed by atoms with Gasteiger partial charge in [0.2, 0.25) is 0 Å². The van der Waals surface area contributed by atoms with Crippen LogP contribution in [0.4, 0.5) is 0 Å². The third kappa shape index (κ3) is 3.91. The molecule has 2 aromatic heterocycles. The molecule has 5 nitrogen and oxygen atoms in total. The lowest BCUT2D eigenvalue weighted by Gasteiger charge is -2.18. The molecule has 0 spiro atoms. The first kappa shape index (κ1) is 15.7. The number of ether oxygens (including phenoxy) is 1. The average Bonchev–Trinajstić information content (AvgIpc) is 2.96. The van der Waals surface area contributed by atoms with Crippen molar-refractivity contribution in [3.05, 3.63) is 33.3 Å². The molecule has 0 saturated carbocycles. The van der Waals surface area contributed by atoms with Gasteiger partial charge >= 0.3 is 5.97 Å². The van der Waals surface area contributed by atoms with Crippen LogP contribution in [0.2, 0.25) is 0 Å². The molecule has 114 valence electrons. The Balaban J connectivity index is 2.15. The smallest absolute Gasteiger partial charge is 0.361 e. The van der Waals surface area contributed by atoms with Crippen LogP contribution in [0.15, 0.2) is 12.1 Å². The molecule has 2 aromatic rings. The summed E-state index contributed by atoms with van der Waals surface area (Å²) >= 11 is 1.76. The van der Waals surface area contributed by atoms with Crippen molar-refractivity contribution >= 4 is 17.3 Å². The Bertz CT molecular complexity index is 638. The van der Waals surface area contributed by atoms with Crippen LogP contribution in [0.1, 0.15) is 53.6 Å². The van der Waals surface area contributed by atoms with E-state index in [1.165, 1.54) is 9.75 Å². The molecule has 0 saturated heterocycles. The first-order chi connectivity index (χ1) is 9.80. The van der Waals surface area contributed by atoms with Gasteiger partial charge in [-0.25, -0.2) is 9.48 Å². The van der Waals surface area contributed by atoms with E-state index in [0.29, 0.717) is 6.54 Å². The zero-order valence-corrected chi connectivity index (χ0v) is 14.0. The summed E-state index contributed by atoms with van der Waals surface area (Å²) in [6.07, 6.45) is 1.03. The summed E-state index contributed by atoms with van der Waals surface area (Å²) in [6.45, 7) is 10.1. The Morgan fingerprint density at radius 3 is 2.57 bits per heavy atom. The fourth-order valence-corrected chi connectivity index (χ4v) is 2.81. The van der Waals surface area contributed by atoms with E-state index < -0.39 is 11.6 Å². The van der Waals surface area contributed by atoms with E-state index in [0.717, 1.165) is 12.1 Å². The van der Waals surface area contributed by atoms with E-state index in [2.05, 4.69) is 29.4 Å². The number of hydrogen-bond donors (Lipinski definition) is 0. The third-order valence-corrected chi connectivity index (χ3v) is 4.16. The summed E-state index contributed by atoms with van der Waals surface area (Å²) in [5, 5.41) is 8.04. The van der Waals surface area contributed by atoms with Crippen LogP contribution < -0.4 is 0 Å². The van der Waals surface area contributed by atoms with E-state index >= 15 is 0 Å². The standard InChI is InChI=1S/C15H21N3O2S/c1-6-11-7-8-12(21-11)9-18-10(2)13(16-17-18)14(19)20-15(3,4)5/h7-8H,6,9H2,1-5H3. The molecule has 0 aromatic carbocycles. The number of hydrogen-bond acceptors (Lipinski definition) is 5. The van der Waals surface area contributed by atoms with Gasteiger partial charge in [0.25, 0.3) is 0 Å². The lowest BCUT2D eigenvalue weighted by atomic mass is 10.2. The third-order valence-electron chi connectivity index (χ3n) is 2.95. The monoisotopic (exact) mass is 307 g/mol. The molecular formula is C15H21N3O2S. The molecule has 0 fully saturated rings. The highest BCUT2D eigenvalue weighted by atomic mass is 32.1. The molecule has 0 radical (unpaired) electrons. The van der Waals surface area contributed by atoms with Crippen molar-refractivity contribution in [2.45, 2.75) is 53.2 Å². The zero-order chi connectivity index (χ0) is 15.6. The van der Waals surface area contributed by atoms with Gasteiger partial charge in [-0.1, -0.05) is 12.1 Å². The van der Waals surface area contributed by atoms with Crippen molar-refractivity contribution < 1.29 is 9.53 Å². The number of thiophene rings is 1. The summed E-state index contributed by atoms with van der Waals surface area (Å²) < 4.78 is 7.08. The van der Waals surface area contributed by atoms with Gasteiger partial charge in [-0.3, -0.25) is 0 Å². The van der Waals surface area contributed by atoms with Crippen LogP contribution in [-0.2, 0) is 17.7 Å². The lowest BCUT2D eigenvalue weighted by molar-refractivity contribution is 0.00619. The van der Waals surface area contributed by atoms with Crippen LogP contribution in [0.3, 0.4) is 0 Å². The highest BCUT2D eigenvalue weighted by Crippen LogP contribution is 2.19. The van der Waals surface area contributed by atoms with E-state index in [-0.39, 0.29) is 5.69 Å². The molecule has 0 amide bonds. The number of rotatable bonds is 4. The maximum absolute atomic E-state index is 12.1. The Kier molecular flexibility index (Phi) is 4.46. The predicted octanol–water partition coefficient (Wildman–Crippen LogP) is 3.21. The van der Waals surface area contributed by atoms with Crippen LogP contribution in [0.5, 0.6) is 0 Å². The Labute approximate surface area is 128 Å². The average molecular weight is 307 g/mol. The van der Waals surface area contributed by atoms with Gasteiger partial charge in [-0.15, -0.1) is 16.4 Å². The summed E-state index contributed by atoms with van der Waals surface area (Å²) in [6, 6.07) is 4.22. The fourth-order valence-electron chi connectivity index (χ4n) is 1.87. The second-order valence-electron chi connectivity index (χ2n) is 5.90. The Hall–Kier alpha value is -1.69. The minimum atomic E-state index is -0.531. The molecule has 0 aliphatic heterocycles. The fraction of sp³-hybridized carbons (Fsp3) is 0.533. The topological polar surface area (TPSA) is 57.0 Å². The second-order valence-corrected chi connectivity index (χ2v) is 7.16. The quantitative estimate of drug-likeness (QED) is 0.814. The van der Waals surface area contributed by atoms with Crippen LogP contribution in [0, 0.1) is 6.92 Å². The van der Waals surface area contributed by atoms with Crippen molar-refractivity contribution in [1.29, 1.82) is 0 Å². The van der Waals surface area contributed by atoms with Gasteiger partial charge < -0.3 is 4.74 Å². The molecule has 2 rings (SSSR count). The van der Waals surface area contributed by atoms with E-state index in [9.17, 15) is 4.79 Å². The minimum Gasteiger partial charge on any atom is -0.455 e. The van der Waals surface area contributed by atoms with Crippen molar-refractivity contribution in [2.75, 3.05) is 0 Å². The van der Waals surface area contributed by atoms with Gasteiger partial charge in [0, 0.05) is 9.75 Å². The predicted molar refractivity (Wildman–Crippen MR) is 82.7 cm³/mol. The highest BCUT2D eigenvalue weighted by Gasteiger charge is 2.23. The first-order valence-corrected chi connectivity index (χ1v) is 7.83. The van der Waals surface area contributed by atoms with Crippen LogP contribution >= 0.6 is 11.3 Å². The second kappa shape index (κ2) is 5.97. The minimum absolute atomic E-state index is 0.289. The number of aromatic nitrogens is 3. The zero-order valence-electron chi connectivity index (χ0n) is 13.1.